The summed E-state index contributed by atoms with van der Waals surface area (Å²) in [5.41, 5.74) is 0.887. The lowest BCUT2D eigenvalue weighted by Gasteiger charge is -2.26. The van der Waals surface area contributed by atoms with Gasteiger partial charge in [-0.05, 0) is 18.9 Å². The van der Waals surface area contributed by atoms with E-state index in [9.17, 15) is 5.11 Å². The lowest BCUT2D eigenvalue weighted by atomic mass is 9.87. The molecule has 0 amide bonds. The van der Waals surface area contributed by atoms with Crippen LogP contribution in [0.1, 0.15) is 25.7 Å². The van der Waals surface area contributed by atoms with E-state index in [1.54, 1.807) is 10.7 Å². The Kier molecular flexibility index (Phi) is 2.91. The Morgan fingerprint density at radius 3 is 2.94 bits per heavy atom. The van der Waals surface area contributed by atoms with E-state index in [0.717, 1.165) is 30.9 Å². The van der Waals surface area contributed by atoms with Gasteiger partial charge in [0.15, 0.2) is 5.65 Å². The third kappa shape index (κ3) is 2.06. The smallest absolute Gasteiger partial charge is 0.157 e. The number of anilines is 1. The molecular formula is C13H18N4O. The fourth-order valence-corrected chi connectivity index (χ4v) is 2.70. The number of hydrogen-bond acceptors (Lipinski definition) is 4. The van der Waals surface area contributed by atoms with Gasteiger partial charge in [-0.1, -0.05) is 12.8 Å². The van der Waals surface area contributed by atoms with Gasteiger partial charge in [-0.2, -0.15) is 5.10 Å². The second-order valence-corrected chi connectivity index (χ2v) is 5.17. The summed E-state index contributed by atoms with van der Waals surface area (Å²) in [6, 6.07) is 3.79. The molecule has 0 saturated heterocycles. The van der Waals surface area contributed by atoms with Crippen molar-refractivity contribution in [1.82, 2.24) is 14.6 Å². The fraction of sp³-hybridized carbons (Fsp3) is 0.538. The second kappa shape index (κ2) is 4.57. The lowest BCUT2D eigenvalue weighted by molar-refractivity contribution is 0.142. The Balaban J connectivity index is 1.72. The molecule has 0 atom stereocenters. The molecule has 1 saturated carbocycles. The molecule has 3 rings (SSSR count). The number of hydrogen-bond donors (Lipinski definition) is 2. The molecule has 0 aliphatic heterocycles. The van der Waals surface area contributed by atoms with Crippen molar-refractivity contribution in [2.45, 2.75) is 25.7 Å². The van der Waals surface area contributed by atoms with Crippen LogP contribution in [0, 0.1) is 5.41 Å². The molecule has 2 heterocycles. The van der Waals surface area contributed by atoms with Crippen LogP contribution in [0.4, 0.5) is 5.82 Å². The number of nitrogens with one attached hydrogen (secondary N) is 1. The molecule has 5 nitrogen and oxygen atoms in total. The number of nitrogens with zero attached hydrogens (tertiary/aromatic N) is 3. The van der Waals surface area contributed by atoms with Crippen LogP contribution in [0.2, 0.25) is 0 Å². The highest BCUT2D eigenvalue weighted by molar-refractivity contribution is 5.45. The monoisotopic (exact) mass is 246 g/mol. The van der Waals surface area contributed by atoms with Gasteiger partial charge in [0, 0.05) is 24.2 Å². The minimum atomic E-state index is 0.0497. The van der Waals surface area contributed by atoms with Crippen molar-refractivity contribution in [2.24, 2.45) is 5.41 Å². The largest absolute Gasteiger partial charge is 0.396 e. The van der Waals surface area contributed by atoms with Gasteiger partial charge < -0.3 is 10.4 Å². The van der Waals surface area contributed by atoms with Crippen molar-refractivity contribution in [3.8, 4) is 0 Å². The zero-order valence-corrected chi connectivity index (χ0v) is 10.3. The van der Waals surface area contributed by atoms with Crippen LogP contribution in [-0.2, 0) is 0 Å². The molecule has 2 aromatic rings. The molecule has 5 heteroatoms. The highest BCUT2D eigenvalue weighted by Gasteiger charge is 2.32. The minimum Gasteiger partial charge on any atom is -0.396 e. The standard InChI is InChI=1S/C13H18N4O/c18-10-13(5-1-2-6-13)9-14-11-4-8-17-12(16-11)3-7-15-17/h3-4,7-8,18H,1-2,5-6,9-10H2,(H,14,16). The zero-order chi connectivity index (χ0) is 12.4. The normalized spacial score (nSPS) is 18.3. The SMILES string of the molecule is OCC1(CNc2ccn3nccc3n2)CCCC1. The van der Waals surface area contributed by atoms with Gasteiger partial charge in [-0.3, -0.25) is 0 Å². The summed E-state index contributed by atoms with van der Waals surface area (Å²) in [6.07, 6.45) is 8.27. The Labute approximate surface area is 106 Å². The average molecular weight is 246 g/mol. The highest BCUT2D eigenvalue weighted by Crippen LogP contribution is 2.37. The maximum Gasteiger partial charge on any atom is 0.157 e. The predicted octanol–water partition coefficient (Wildman–Crippen LogP) is 1.69. The van der Waals surface area contributed by atoms with Gasteiger partial charge in [0.2, 0.25) is 0 Å². The molecule has 0 bridgehead atoms. The number of rotatable bonds is 4. The molecule has 2 N–H and O–H groups in total. The van der Waals surface area contributed by atoms with Gasteiger partial charge in [-0.15, -0.1) is 0 Å². The first-order valence-electron chi connectivity index (χ1n) is 6.47. The van der Waals surface area contributed by atoms with E-state index in [1.165, 1.54) is 12.8 Å². The Morgan fingerprint density at radius 1 is 1.33 bits per heavy atom. The third-order valence-electron chi connectivity index (χ3n) is 3.90. The summed E-state index contributed by atoms with van der Waals surface area (Å²) in [5, 5.41) is 17.0. The molecule has 0 aromatic carbocycles. The van der Waals surface area contributed by atoms with Crippen molar-refractivity contribution in [3.05, 3.63) is 24.5 Å². The van der Waals surface area contributed by atoms with E-state index < -0.39 is 0 Å². The molecule has 0 spiro atoms. The van der Waals surface area contributed by atoms with Gasteiger partial charge in [0.1, 0.15) is 5.82 Å². The molecule has 18 heavy (non-hydrogen) atoms. The van der Waals surface area contributed by atoms with Crippen molar-refractivity contribution in [2.75, 3.05) is 18.5 Å². The lowest BCUT2D eigenvalue weighted by Crippen LogP contribution is -2.30. The van der Waals surface area contributed by atoms with Crippen molar-refractivity contribution < 1.29 is 5.11 Å². The Hall–Kier alpha value is -1.62. The molecular weight excluding hydrogens is 228 g/mol. The van der Waals surface area contributed by atoms with Crippen LogP contribution < -0.4 is 5.32 Å². The molecule has 1 aliphatic carbocycles. The number of aromatic nitrogens is 3. The predicted molar refractivity (Wildman–Crippen MR) is 69.5 cm³/mol. The van der Waals surface area contributed by atoms with Gasteiger partial charge in [0.05, 0.1) is 12.8 Å². The van der Waals surface area contributed by atoms with Crippen LogP contribution in [0.5, 0.6) is 0 Å². The van der Waals surface area contributed by atoms with E-state index >= 15 is 0 Å². The first-order valence-corrected chi connectivity index (χ1v) is 6.47. The molecule has 1 fully saturated rings. The van der Waals surface area contributed by atoms with Crippen LogP contribution in [0.15, 0.2) is 24.5 Å². The second-order valence-electron chi connectivity index (χ2n) is 5.17. The highest BCUT2D eigenvalue weighted by atomic mass is 16.3. The quantitative estimate of drug-likeness (QED) is 0.862. The molecule has 1 aliphatic rings. The molecule has 96 valence electrons. The van der Waals surface area contributed by atoms with Crippen molar-refractivity contribution >= 4 is 11.5 Å². The summed E-state index contributed by atoms with van der Waals surface area (Å²) >= 11 is 0. The van der Waals surface area contributed by atoms with E-state index in [0.29, 0.717) is 0 Å². The Morgan fingerprint density at radius 2 is 2.17 bits per heavy atom. The van der Waals surface area contributed by atoms with Gasteiger partial charge >= 0.3 is 0 Å². The summed E-state index contributed by atoms with van der Waals surface area (Å²) in [4.78, 5) is 4.47. The number of aliphatic hydroxyl groups is 1. The number of aliphatic hydroxyl groups excluding tert-OH is 1. The van der Waals surface area contributed by atoms with Gasteiger partial charge in [0.25, 0.3) is 0 Å². The summed E-state index contributed by atoms with van der Waals surface area (Å²) in [7, 11) is 0. The molecule has 0 unspecified atom stereocenters. The van der Waals surface area contributed by atoms with Crippen LogP contribution >= 0.6 is 0 Å². The van der Waals surface area contributed by atoms with E-state index in [2.05, 4.69) is 15.4 Å². The third-order valence-corrected chi connectivity index (χ3v) is 3.90. The maximum atomic E-state index is 9.56. The topological polar surface area (TPSA) is 62.5 Å². The summed E-state index contributed by atoms with van der Waals surface area (Å²) in [6.45, 7) is 1.05. The zero-order valence-electron chi connectivity index (χ0n) is 10.3. The van der Waals surface area contributed by atoms with E-state index in [-0.39, 0.29) is 12.0 Å². The average Bonchev–Trinajstić information content (AvgIpc) is 3.05. The van der Waals surface area contributed by atoms with E-state index in [4.69, 9.17) is 0 Å². The van der Waals surface area contributed by atoms with Crippen molar-refractivity contribution in [3.63, 3.8) is 0 Å². The Bertz CT molecular complexity index is 531. The summed E-state index contributed by atoms with van der Waals surface area (Å²) < 4.78 is 1.74. The fourth-order valence-electron chi connectivity index (χ4n) is 2.70. The van der Waals surface area contributed by atoms with Crippen LogP contribution in [0.25, 0.3) is 5.65 Å². The van der Waals surface area contributed by atoms with E-state index in [1.807, 2.05) is 18.3 Å². The van der Waals surface area contributed by atoms with Gasteiger partial charge in [-0.25, -0.2) is 9.50 Å². The van der Waals surface area contributed by atoms with Crippen molar-refractivity contribution in [1.29, 1.82) is 0 Å². The van der Waals surface area contributed by atoms with Crippen LogP contribution in [0.3, 0.4) is 0 Å². The first kappa shape index (κ1) is 11.5. The molecule has 0 radical (unpaired) electrons. The summed E-state index contributed by atoms with van der Waals surface area (Å²) in [5.74, 6) is 0.850. The van der Waals surface area contributed by atoms with Crippen LogP contribution in [-0.4, -0.2) is 32.9 Å². The molecule has 2 aromatic heterocycles. The maximum absolute atomic E-state index is 9.56. The first-order chi connectivity index (χ1) is 8.81. The minimum absolute atomic E-state index is 0.0497. The number of fused-ring (bicyclic) bond motifs is 1.